The summed E-state index contributed by atoms with van der Waals surface area (Å²) in [7, 11) is 0. The van der Waals surface area contributed by atoms with E-state index in [0.29, 0.717) is 34.2 Å². The molecule has 0 aliphatic carbocycles. The molecule has 1 aromatic carbocycles. The predicted molar refractivity (Wildman–Crippen MR) is 126 cm³/mol. The Morgan fingerprint density at radius 2 is 2.03 bits per heavy atom. The minimum Gasteiger partial charge on any atom is -0.361 e. The molecule has 2 aromatic heterocycles. The molecule has 1 fully saturated rings. The molecule has 0 bridgehead atoms. The number of aromatic nitrogens is 3. The average molecular weight is 526 g/mol. The Morgan fingerprint density at radius 3 is 2.77 bits per heavy atom. The van der Waals surface area contributed by atoms with Crippen LogP contribution in [-0.4, -0.2) is 56.4 Å². The molecule has 31 heavy (non-hydrogen) atoms. The van der Waals surface area contributed by atoms with Gasteiger partial charge in [0.25, 0.3) is 5.89 Å². The first-order chi connectivity index (χ1) is 14.9. The third-order valence-electron chi connectivity index (χ3n) is 5.13. The molecule has 1 N–H and O–H groups in total. The summed E-state index contributed by atoms with van der Waals surface area (Å²) in [4.78, 5) is 9.00. The van der Waals surface area contributed by atoms with Crippen molar-refractivity contribution in [3.05, 3.63) is 45.0 Å². The average Bonchev–Trinajstić information content (AvgIpc) is 3.22. The number of hydrogen-bond donors (Lipinski definition) is 1. The SMILES string of the molecule is Cc1noc(C)c1-c1nc(CN2CCCN(C(=S)Nc3ccc(Br)cc3Cl)CC2)no1. The summed E-state index contributed by atoms with van der Waals surface area (Å²) in [5.74, 6) is 1.76. The molecule has 0 atom stereocenters. The van der Waals surface area contributed by atoms with Gasteiger partial charge in [0.2, 0.25) is 0 Å². The van der Waals surface area contributed by atoms with E-state index in [9.17, 15) is 0 Å². The van der Waals surface area contributed by atoms with Crippen molar-refractivity contribution in [2.45, 2.75) is 26.8 Å². The van der Waals surface area contributed by atoms with Crippen LogP contribution in [0.5, 0.6) is 0 Å². The summed E-state index contributed by atoms with van der Waals surface area (Å²) in [5, 5.41) is 12.6. The lowest BCUT2D eigenvalue weighted by molar-refractivity contribution is 0.266. The van der Waals surface area contributed by atoms with Gasteiger partial charge in [-0.05, 0) is 50.7 Å². The molecule has 0 spiro atoms. The zero-order chi connectivity index (χ0) is 22.0. The van der Waals surface area contributed by atoms with E-state index >= 15 is 0 Å². The van der Waals surface area contributed by atoms with Crippen LogP contribution in [-0.2, 0) is 6.54 Å². The Labute approximate surface area is 199 Å². The topological polar surface area (TPSA) is 83.5 Å². The van der Waals surface area contributed by atoms with Crippen molar-refractivity contribution >= 4 is 50.5 Å². The molecule has 0 saturated carbocycles. The molecule has 8 nitrogen and oxygen atoms in total. The van der Waals surface area contributed by atoms with Gasteiger partial charge in [0.1, 0.15) is 11.3 Å². The van der Waals surface area contributed by atoms with E-state index in [1.165, 1.54) is 0 Å². The first-order valence-electron chi connectivity index (χ1n) is 9.90. The highest BCUT2D eigenvalue weighted by Gasteiger charge is 2.22. The maximum Gasteiger partial charge on any atom is 0.263 e. The quantitative estimate of drug-likeness (QED) is 0.489. The first-order valence-corrected chi connectivity index (χ1v) is 11.5. The fourth-order valence-corrected chi connectivity index (χ4v) is 4.54. The van der Waals surface area contributed by atoms with Crippen molar-refractivity contribution in [1.29, 1.82) is 0 Å². The molecule has 3 heterocycles. The Hall–Kier alpha value is -2.01. The van der Waals surface area contributed by atoms with Crippen LogP contribution in [0.25, 0.3) is 11.5 Å². The molecule has 0 unspecified atom stereocenters. The lowest BCUT2D eigenvalue weighted by Gasteiger charge is -2.24. The highest BCUT2D eigenvalue weighted by molar-refractivity contribution is 9.10. The summed E-state index contributed by atoms with van der Waals surface area (Å²) in [6.07, 6.45) is 0.977. The highest BCUT2D eigenvalue weighted by Crippen LogP contribution is 2.27. The first kappa shape index (κ1) is 22.2. The largest absolute Gasteiger partial charge is 0.361 e. The molecule has 4 rings (SSSR count). The van der Waals surface area contributed by atoms with Crippen LogP contribution >= 0.6 is 39.7 Å². The van der Waals surface area contributed by atoms with Crippen LogP contribution in [0.15, 0.2) is 31.7 Å². The zero-order valence-electron chi connectivity index (χ0n) is 17.2. The second-order valence-electron chi connectivity index (χ2n) is 7.39. The predicted octanol–water partition coefficient (Wildman–Crippen LogP) is 4.66. The van der Waals surface area contributed by atoms with Gasteiger partial charge >= 0.3 is 0 Å². The van der Waals surface area contributed by atoms with E-state index in [1.807, 2.05) is 32.0 Å². The standard InChI is InChI=1S/C20H22BrClN6O2S/c1-12-18(13(2)29-25-12)19-24-17(26-30-19)11-27-6-3-7-28(9-8-27)20(31)23-16-5-4-14(21)10-15(16)22/h4-5,10H,3,6-9,11H2,1-2H3,(H,23,31). The number of aryl methyl sites for hydroxylation is 2. The second-order valence-corrected chi connectivity index (χ2v) is 9.10. The van der Waals surface area contributed by atoms with Gasteiger partial charge in [0.15, 0.2) is 10.9 Å². The molecule has 0 amide bonds. The third kappa shape index (κ3) is 5.25. The van der Waals surface area contributed by atoms with E-state index in [0.717, 1.165) is 54.0 Å². The summed E-state index contributed by atoms with van der Waals surface area (Å²) in [5.41, 5.74) is 2.31. The minimum atomic E-state index is 0.444. The van der Waals surface area contributed by atoms with Gasteiger partial charge in [-0.25, -0.2) is 0 Å². The Kier molecular flexibility index (Phi) is 6.90. The monoisotopic (exact) mass is 524 g/mol. The van der Waals surface area contributed by atoms with Gasteiger partial charge in [0.05, 0.1) is 22.9 Å². The number of rotatable bonds is 4. The van der Waals surface area contributed by atoms with Crippen LogP contribution < -0.4 is 5.32 Å². The van der Waals surface area contributed by atoms with E-state index < -0.39 is 0 Å². The van der Waals surface area contributed by atoms with Crippen LogP contribution in [0.1, 0.15) is 23.7 Å². The number of nitrogens with zero attached hydrogens (tertiary/aromatic N) is 5. The summed E-state index contributed by atoms with van der Waals surface area (Å²) in [6, 6.07) is 5.69. The van der Waals surface area contributed by atoms with E-state index in [2.05, 4.69) is 46.3 Å². The van der Waals surface area contributed by atoms with E-state index in [-0.39, 0.29) is 0 Å². The molecule has 3 aromatic rings. The van der Waals surface area contributed by atoms with Gasteiger partial charge in [-0.1, -0.05) is 37.8 Å². The van der Waals surface area contributed by atoms with E-state index in [1.54, 1.807) is 0 Å². The Morgan fingerprint density at radius 1 is 1.19 bits per heavy atom. The Balaban J connectivity index is 1.35. The van der Waals surface area contributed by atoms with Crippen LogP contribution in [0.3, 0.4) is 0 Å². The number of halogens is 2. The minimum absolute atomic E-state index is 0.444. The smallest absolute Gasteiger partial charge is 0.263 e. The summed E-state index contributed by atoms with van der Waals surface area (Å²) >= 11 is 15.3. The van der Waals surface area contributed by atoms with Gasteiger partial charge < -0.3 is 19.3 Å². The molecule has 0 radical (unpaired) electrons. The number of hydrogen-bond acceptors (Lipinski definition) is 7. The highest BCUT2D eigenvalue weighted by atomic mass is 79.9. The second kappa shape index (κ2) is 9.64. The van der Waals surface area contributed by atoms with Gasteiger partial charge in [-0.2, -0.15) is 4.98 Å². The van der Waals surface area contributed by atoms with E-state index in [4.69, 9.17) is 32.9 Å². The maximum absolute atomic E-state index is 6.31. The van der Waals surface area contributed by atoms with Gasteiger partial charge in [0, 0.05) is 30.7 Å². The van der Waals surface area contributed by atoms with Crippen molar-refractivity contribution in [3.63, 3.8) is 0 Å². The lowest BCUT2D eigenvalue weighted by atomic mass is 10.2. The van der Waals surface area contributed by atoms with Crippen LogP contribution in [0, 0.1) is 13.8 Å². The lowest BCUT2D eigenvalue weighted by Crippen LogP contribution is -2.37. The number of benzene rings is 1. The number of anilines is 1. The van der Waals surface area contributed by atoms with Crippen LogP contribution in [0.2, 0.25) is 5.02 Å². The van der Waals surface area contributed by atoms with Crippen molar-refractivity contribution in [2.75, 3.05) is 31.5 Å². The summed E-state index contributed by atoms with van der Waals surface area (Å²) in [6.45, 7) is 7.73. The van der Waals surface area contributed by atoms with Crippen LogP contribution in [0.4, 0.5) is 5.69 Å². The fourth-order valence-electron chi connectivity index (χ4n) is 3.53. The summed E-state index contributed by atoms with van der Waals surface area (Å²) < 4.78 is 11.6. The zero-order valence-corrected chi connectivity index (χ0v) is 20.3. The molecule has 1 aliphatic rings. The van der Waals surface area contributed by atoms with Crippen molar-refractivity contribution in [1.82, 2.24) is 25.1 Å². The molecular weight excluding hydrogens is 504 g/mol. The maximum atomic E-state index is 6.31. The number of nitrogens with one attached hydrogen (secondary N) is 1. The van der Waals surface area contributed by atoms with Gasteiger partial charge in [-0.3, -0.25) is 4.90 Å². The molecule has 164 valence electrons. The number of thiocarbonyl (C=S) groups is 1. The third-order valence-corrected chi connectivity index (χ3v) is 6.30. The fraction of sp³-hybridized carbons (Fsp3) is 0.400. The van der Waals surface area contributed by atoms with Crippen molar-refractivity contribution in [3.8, 4) is 11.5 Å². The Bertz CT molecular complexity index is 1070. The van der Waals surface area contributed by atoms with Crippen molar-refractivity contribution < 1.29 is 9.05 Å². The van der Waals surface area contributed by atoms with Gasteiger partial charge in [-0.15, -0.1) is 0 Å². The normalized spacial score (nSPS) is 15.2. The molecular formula is C20H22BrClN6O2S. The molecule has 1 aliphatic heterocycles. The molecule has 11 heteroatoms. The molecule has 1 saturated heterocycles. The van der Waals surface area contributed by atoms with Crippen molar-refractivity contribution in [2.24, 2.45) is 0 Å².